The van der Waals surface area contributed by atoms with Crippen LogP contribution in [0.3, 0.4) is 0 Å². The summed E-state index contributed by atoms with van der Waals surface area (Å²) in [6.07, 6.45) is 0. The van der Waals surface area contributed by atoms with E-state index in [-0.39, 0.29) is 16.6 Å². The molecule has 0 aliphatic carbocycles. The minimum Gasteiger partial charge on any atom is -0.481 e. The van der Waals surface area contributed by atoms with Crippen molar-refractivity contribution >= 4 is 17.6 Å². The number of carbonyl (C=O) groups is 1. The van der Waals surface area contributed by atoms with Gasteiger partial charge in [-0.25, -0.2) is 9.78 Å². The van der Waals surface area contributed by atoms with Gasteiger partial charge in [0, 0.05) is 6.07 Å². The first-order valence-electron chi connectivity index (χ1n) is 3.46. The molecule has 8 heteroatoms. The Morgan fingerprint density at radius 2 is 2.13 bits per heavy atom. The molecule has 0 bridgehead atoms. The fourth-order valence-electron chi connectivity index (χ4n) is 0.701. The predicted octanol–water partition coefficient (Wildman–Crippen LogP) is 1.58. The zero-order valence-electron chi connectivity index (χ0n) is 7.55. The van der Waals surface area contributed by atoms with Gasteiger partial charge in [-0.15, -0.1) is 4.91 Å². The number of ether oxygens (including phenoxy) is 1. The molecule has 0 fully saturated rings. The molecule has 0 aliphatic heterocycles. The number of rotatable bonds is 2. The molecular formula is C7H7ClN2O5. The number of carboxylic acids is 1. The standard InChI is InChI=1S/C7H6ClNO3.HNO2/c1-12-6-3-4(7(10)11)2-5(8)9-6;2-1-3/h2-3H,1H3,(H,10,11);(H,2,3). The zero-order valence-corrected chi connectivity index (χ0v) is 8.30. The van der Waals surface area contributed by atoms with Crippen LogP contribution < -0.4 is 4.74 Å². The van der Waals surface area contributed by atoms with Crippen LogP contribution in [-0.2, 0) is 0 Å². The summed E-state index contributed by atoms with van der Waals surface area (Å²) in [7, 11) is 1.39. The summed E-state index contributed by atoms with van der Waals surface area (Å²) < 4.78 is 4.73. The lowest BCUT2D eigenvalue weighted by Gasteiger charge is -2.00. The lowest BCUT2D eigenvalue weighted by atomic mass is 10.3. The Morgan fingerprint density at radius 1 is 1.60 bits per heavy atom. The molecule has 0 spiro atoms. The molecule has 7 nitrogen and oxygen atoms in total. The van der Waals surface area contributed by atoms with Crippen LogP contribution in [-0.4, -0.2) is 28.4 Å². The lowest BCUT2D eigenvalue weighted by Crippen LogP contribution is -1.98. The van der Waals surface area contributed by atoms with Crippen LogP contribution in [0.4, 0.5) is 0 Å². The van der Waals surface area contributed by atoms with Gasteiger partial charge in [0.05, 0.1) is 12.7 Å². The minimum atomic E-state index is -1.06. The third kappa shape index (κ3) is 4.77. The van der Waals surface area contributed by atoms with E-state index in [1.165, 1.54) is 24.6 Å². The largest absolute Gasteiger partial charge is 0.481 e. The zero-order chi connectivity index (χ0) is 11.8. The summed E-state index contributed by atoms with van der Waals surface area (Å²) in [5.41, 5.74) is 0.0619. The Hall–Kier alpha value is -1.89. The smallest absolute Gasteiger partial charge is 0.335 e. The topological polar surface area (TPSA) is 109 Å². The fourth-order valence-corrected chi connectivity index (χ4v) is 0.902. The van der Waals surface area contributed by atoms with Gasteiger partial charge in [0.25, 0.3) is 0 Å². The summed E-state index contributed by atoms with van der Waals surface area (Å²) in [5, 5.41) is 16.6. The maximum atomic E-state index is 10.5. The molecule has 0 saturated carbocycles. The van der Waals surface area contributed by atoms with Crippen molar-refractivity contribution in [2.24, 2.45) is 5.34 Å². The first-order chi connectivity index (χ1) is 7.04. The maximum Gasteiger partial charge on any atom is 0.335 e. The molecule has 0 aromatic carbocycles. The van der Waals surface area contributed by atoms with E-state index in [4.69, 9.17) is 31.6 Å². The Morgan fingerprint density at radius 3 is 2.53 bits per heavy atom. The van der Waals surface area contributed by atoms with Crippen LogP contribution in [0.1, 0.15) is 10.4 Å². The van der Waals surface area contributed by atoms with Gasteiger partial charge >= 0.3 is 5.97 Å². The molecule has 0 aliphatic rings. The summed E-state index contributed by atoms with van der Waals surface area (Å²) in [5.74, 6) is -0.863. The number of methoxy groups -OCH3 is 1. The lowest BCUT2D eigenvalue weighted by molar-refractivity contribution is 0.0696. The molecule has 0 unspecified atom stereocenters. The Bertz CT molecular complexity index is 357. The summed E-state index contributed by atoms with van der Waals surface area (Å²) >= 11 is 5.52. The minimum absolute atomic E-state index is 0.0619. The summed E-state index contributed by atoms with van der Waals surface area (Å²) in [6, 6.07) is 2.56. The predicted molar refractivity (Wildman–Crippen MR) is 50.3 cm³/mol. The van der Waals surface area contributed by atoms with E-state index < -0.39 is 5.97 Å². The van der Waals surface area contributed by atoms with Crippen LogP contribution in [0.5, 0.6) is 5.88 Å². The number of pyridine rings is 1. The second kappa shape index (κ2) is 6.55. The Balaban J connectivity index is 0.000000583. The van der Waals surface area contributed by atoms with E-state index in [0.717, 1.165) is 0 Å². The maximum absolute atomic E-state index is 10.5. The molecule has 15 heavy (non-hydrogen) atoms. The van der Waals surface area contributed by atoms with E-state index in [0.29, 0.717) is 0 Å². The van der Waals surface area contributed by atoms with E-state index >= 15 is 0 Å². The number of halogens is 1. The van der Waals surface area contributed by atoms with Gasteiger partial charge in [-0.05, 0) is 6.07 Å². The monoisotopic (exact) mass is 234 g/mol. The SMILES string of the molecule is COc1cc(C(=O)O)cc(Cl)n1.O=NO. The van der Waals surface area contributed by atoms with Gasteiger partial charge in [0.2, 0.25) is 5.88 Å². The van der Waals surface area contributed by atoms with Crippen molar-refractivity contribution < 1.29 is 19.8 Å². The molecule has 2 N–H and O–H groups in total. The molecule has 0 saturated heterocycles. The average molecular weight is 235 g/mol. The average Bonchev–Trinajstić information content (AvgIpc) is 2.18. The van der Waals surface area contributed by atoms with Gasteiger partial charge in [0.15, 0.2) is 5.34 Å². The third-order valence-corrected chi connectivity index (χ3v) is 1.42. The van der Waals surface area contributed by atoms with E-state index in [9.17, 15) is 4.79 Å². The van der Waals surface area contributed by atoms with Crippen molar-refractivity contribution in [2.75, 3.05) is 7.11 Å². The number of aromatic nitrogens is 1. The molecule has 1 heterocycles. The molecule has 82 valence electrons. The van der Waals surface area contributed by atoms with Crippen LogP contribution in [0.2, 0.25) is 5.15 Å². The van der Waals surface area contributed by atoms with E-state index in [1.807, 2.05) is 0 Å². The second-order valence-electron chi connectivity index (χ2n) is 2.11. The van der Waals surface area contributed by atoms with Crippen molar-refractivity contribution in [1.29, 1.82) is 0 Å². The Kier molecular flexibility index (Phi) is 5.72. The molecular weight excluding hydrogens is 228 g/mol. The van der Waals surface area contributed by atoms with Crippen molar-refractivity contribution in [3.05, 3.63) is 27.8 Å². The van der Waals surface area contributed by atoms with Gasteiger partial charge < -0.3 is 15.1 Å². The van der Waals surface area contributed by atoms with Crippen LogP contribution in [0.25, 0.3) is 0 Å². The highest BCUT2D eigenvalue weighted by Crippen LogP contribution is 2.15. The quantitative estimate of drug-likeness (QED) is 0.457. The normalized spacial score (nSPS) is 8.40. The van der Waals surface area contributed by atoms with Gasteiger partial charge in [-0.2, -0.15) is 0 Å². The van der Waals surface area contributed by atoms with Crippen molar-refractivity contribution in [2.45, 2.75) is 0 Å². The first-order valence-corrected chi connectivity index (χ1v) is 3.84. The molecule has 0 amide bonds. The number of hydrogen-bond donors (Lipinski definition) is 2. The first kappa shape index (κ1) is 13.1. The van der Waals surface area contributed by atoms with E-state index in [2.05, 4.69) is 4.98 Å². The number of aromatic carboxylic acids is 1. The molecule has 0 radical (unpaired) electrons. The van der Waals surface area contributed by atoms with Gasteiger partial charge in [-0.3, -0.25) is 0 Å². The van der Waals surface area contributed by atoms with Crippen LogP contribution in [0, 0.1) is 4.91 Å². The summed E-state index contributed by atoms with van der Waals surface area (Å²) in [4.78, 5) is 22.3. The molecule has 1 aromatic rings. The summed E-state index contributed by atoms with van der Waals surface area (Å²) in [6.45, 7) is 0. The van der Waals surface area contributed by atoms with Gasteiger partial charge in [0.1, 0.15) is 5.15 Å². The number of carboxylic acid groups (broad SMARTS) is 1. The highest BCUT2D eigenvalue weighted by molar-refractivity contribution is 6.29. The molecule has 1 aromatic heterocycles. The van der Waals surface area contributed by atoms with E-state index in [1.54, 1.807) is 0 Å². The van der Waals surface area contributed by atoms with Gasteiger partial charge in [-0.1, -0.05) is 11.6 Å². The van der Waals surface area contributed by atoms with Crippen LogP contribution >= 0.6 is 11.6 Å². The highest BCUT2D eigenvalue weighted by Gasteiger charge is 2.06. The second-order valence-corrected chi connectivity index (χ2v) is 2.49. The fraction of sp³-hybridized carbons (Fsp3) is 0.143. The molecule has 1 rings (SSSR count). The van der Waals surface area contributed by atoms with Crippen molar-refractivity contribution in [3.8, 4) is 5.88 Å². The van der Waals surface area contributed by atoms with Crippen LogP contribution in [0.15, 0.2) is 17.5 Å². The van der Waals surface area contributed by atoms with Crippen molar-refractivity contribution in [3.63, 3.8) is 0 Å². The number of hydrogen-bond acceptors (Lipinski definition) is 5. The van der Waals surface area contributed by atoms with Crippen molar-refractivity contribution in [1.82, 2.24) is 4.98 Å². The third-order valence-electron chi connectivity index (χ3n) is 1.23. The highest BCUT2D eigenvalue weighted by atomic mass is 35.5. The molecule has 0 atom stereocenters. The number of nitrogens with zero attached hydrogens (tertiary/aromatic N) is 2. The Labute approximate surface area is 89.2 Å².